The van der Waals surface area contributed by atoms with Crippen molar-refractivity contribution in [3.8, 4) is 11.5 Å². The fraction of sp³-hybridized carbons (Fsp3) is 0.333. The van der Waals surface area contributed by atoms with Gasteiger partial charge in [0.1, 0.15) is 11.5 Å². The number of anilines is 2. The second kappa shape index (κ2) is 9.31. The number of halogens is 6. The van der Waals surface area contributed by atoms with Gasteiger partial charge in [0.25, 0.3) is 0 Å². The molecule has 0 aliphatic carbocycles. The number of rotatable bonds is 2. The Morgan fingerprint density at radius 1 is 0.824 bits per heavy atom. The third-order valence-corrected chi connectivity index (χ3v) is 4.84. The summed E-state index contributed by atoms with van der Waals surface area (Å²) in [6.45, 7) is 1.49. The first-order valence-electron chi connectivity index (χ1n) is 9.72. The zero-order valence-electron chi connectivity index (χ0n) is 17.4. The van der Waals surface area contributed by atoms with E-state index in [1.807, 2.05) is 0 Å². The molecule has 0 aromatic heterocycles. The van der Waals surface area contributed by atoms with Crippen molar-refractivity contribution in [1.29, 1.82) is 0 Å². The lowest BCUT2D eigenvalue weighted by Crippen LogP contribution is -2.37. The van der Waals surface area contributed by atoms with E-state index in [0.29, 0.717) is 0 Å². The van der Waals surface area contributed by atoms with Gasteiger partial charge < -0.3 is 25.2 Å². The van der Waals surface area contributed by atoms with E-state index in [9.17, 15) is 35.9 Å². The second-order valence-corrected chi connectivity index (χ2v) is 7.34. The molecule has 2 aliphatic heterocycles. The quantitative estimate of drug-likeness (QED) is 0.534. The highest BCUT2D eigenvalue weighted by molar-refractivity contribution is 5.82. The number of ketones is 1. The maximum Gasteiger partial charge on any atom is 0.416 e. The molecule has 184 valence electrons. The Bertz CT molecular complexity index is 1000. The normalized spacial score (nSPS) is 18.9. The molecule has 13 heteroatoms. The molecule has 34 heavy (non-hydrogen) atoms. The molecular weight excluding hydrogens is 474 g/mol. The van der Waals surface area contributed by atoms with E-state index in [2.05, 4.69) is 10.6 Å². The Labute approximate surface area is 188 Å². The van der Waals surface area contributed by atoms with Crippen LogP contribution in [0.5, 0.6) is 11.5 Å². The molecule has 0 saturated carbocycles. The van der Waals surface area contributed by atoms with Gasteiger partial charge in [0.15, 0.2) is 11.9 Å². The SMILES string of the molecule is CC(=O)C1CNc2cc(C(F)(F)F)ccc2O1.O=C(O)C1CNc2cc(C(F)(F)F)ccc2O1. The minimum absolute atomic E-state index is 0.0658. The minimum atomic E-state index is -4.43. The van der Waals surface area contributed by atoms with Crippen molar-refractivity contribution >= 4 is 23.1 Å². The molecule has 2 aromatic rings. The van der Waals surface area contributed by atoms with Crippen LogP contribution in [0.4, 0.5) is 37.7 Å². The van der Waals surface area contributed by atoms with Crippen LogP contribution in [0.25, 0.3) is 0 Å². The maximum atomic E-state index is 12.4. The van der Waals surface area contributed by atoms with Gasteiger partial charge in [0.2, 0.25) is 6.10 Å². The number of benzene rings is 2. The molecule has 0 saturated heterocycles. The molecule has 0 amide bonds. The van der Waals surface area contributed by atoms with Crippen molar-refractivity contribution in [2.45, 2.75) is 31.5 Å². The molecular formula is C21H18F6N2O5. The van der Waals surface area contributed by atoms with Crippen LogP contribution >= 0.6 is 0 Å². The average Bonchev–Trinajstić information content (AvgIpc) is 2.76. The average molecular weight is 492 g/mol. The van der Waals surface area contributed by atoms with E-state index < -0.39 is 41.7 Å². The van der Waals surface area contributed by atoms with Crippen LogP contribution in [0.15, 0.2) is 36.4 Å². The number of Topliss-reactive ketones (excluding diaryl/α,β-unsaturated/α-hetero) is 1. The zero-order chi connectivity index (χ0) is 25.3. The van der Waals surface area contributed by atoms with Crippen molar-refractivity contribution < 1.29 is 50.5 Å². The summed E-state index contributed by atoms with van der Waals surface area (Å²) >= 11 is 0. The Kier molecular flexibility index (Phi) is 6.84. The summed E-state index contributed by atoms with van der Waals surface area (Å²) in [7, 11) is 0. The van der Waals surface area contributed by atoms with Crippen molar-refractivity contribution in [1.82, 2.24) is 0 Å². The molecule has 3 N–H and O–H groups in total. The van der Waals surface area contributed by atoms with E-state index in [1.165, 1.54) is 13.0 Å². The standard InChI is InChI=1S/C11H10F3NO2.C10H8F3NO3/c1-6(16)10-5-15-8-4-7(11(12,13)14)2-3-9(8)17-10;11-10(12,13)5-1-2-7-6(3-5)14-4-8(17-7)9(15)16/h2-4,10,15H,5H2,1H3;1-3,8,14H,4H2,(H,15,16). The first kappa shape index (κ1) is 25.0. The van der Waals surface area contributed by atoms with E-state index in [4.69, 9.17) is 14.6 Å². The number of carbonyl (C=O) groups excluding carboxylic acids is 1. The number of ether oxygens (including phenoxy) is 2. The zero-order valence-corrected chi connectivity index (χ0v) is 17.4. The summed E-state index contributed by atoms with van der Waals surface area (Å²) in [6.07, 6.45) is -10.5. The summed E-state index contributed by atoms with van der Waals surface area (Å²) in [5.74, 6) is -0.952. The van der Waals surface area contributed by atoms with Crippen molar-refractivity contribution in [3.63, 3.8) is 0 Å². The van der Waals surface area contributed by atoms with Gasteiger partial charge in [0, 0.05) is 0 Å². The summed E-state index contributed by atoms with van der Waals surface area (Å²) in [5.41, 5.74) is -1.13. The molecule has 0 spiro atoms. The second-order valence-electron chi connectivity index (χ2n) is 7.34. The summed E-state index contributed by atoms with van der Waals surface area (Å²) in [5, 5.41) is 14.1. The van der Waals surface area contributed by atoms with Crippen LogP contribution in [0, 0.1) is 0 Å². The number of carboxylic acid groups (broad SMARTS) is 1. The van der Waals surface area contributed by atoms with Gasteiger partial charge in [-0.25, -0.2) is 4.79 Å². The smallest absolute Gasteiger partial charge is 0.416 e. The van der Waals surface area contributed by atoms with Crippen LogP contribution in [-0.2, 0) is 21.9 Å². The first-order valence-corrected chi connectivity index (χ1v) is 9.72. The Morgan fingerprint density at radius 2 is 1.24 bits per heavy atom. The lowest BCUT2D eigenvalue weighted by atomic mass is 10.1. The molecule has 0 radical (unpaired) electrons. The largest absolute Gasteiger partial charge is 0.479 e. The number of fused-ring (bicyclic) bond motifs is 2. The maximum absolute atomic E-state index is 12.4. The van der Waals surface area contributed by atoms with Gasteiger partial charge in [0.05, 0.1) is 35.6 Å². The van der Waals surface area contributed by atoms with Crippen molar-refractivity contribution in [2.24, 2.45) is 0 Å². The van der Waals surface area contributed by atoms with Gasteiger partial charge in [-0.3, -0.25) is 4.79 Å². The van der Waals surface area contributed by atoms with Crippen LogP contribution in [-0.4, -0.2) is 42.2 Å². The number of hydrogen-bond acceptors (Lipinski definition) is 6. The van der Waals surface area contributed by atoms with Gasteiger partial charge >= 0.3 is 18.3 Å². The Balaban J connectivity index is 0.000000191. The van der Waals surface area contributed by atoms with Gasteiger partial charge in [-0.1, -0.05) is 0 Å². The predicted molar refractivity (Wildman–Crippen MR) is 107 cm³/mol. The highest BCUT2D eigenvalue weighted by Gasteiger charge is 2.34. The summed E-state index contributed by atoms with van der Waals surface area (Å²) in [4.78, 5) is 21.7. The molecule has 2 heterocycles. The van der Waals surface area contributed by atoms with E-state index in [0.717, 1.165) is 30.3 Å². The fourth-order valence-corrected chi connectivity index (χ4v) is 3.05. The van der Waals surface area contributed by atoms with Crippen LogP contribution < -0.4 is 20.1 Å². The molecule has 2 aliphatic rings. The number of carbonyl (C=O) groups is 2. The molecule has 2 atom stereocenters. The third-order valence-electron chi connectivity index (χ3n) is 4.84. The predicted octanol–water partition coefficient (Wildman–Crippen LogP) is 4.43. The molecule has 2 unspecified atom stereocenters. The Hall–Kier alpha value is -3.64. The number of nitrogens with one attached hydrogen (secondary N) is 2. The molecule has 4 rings (SSSR count). The minimum Gasteiger partial charge on any atom is -0.479 e. The highest BCUT2D eigenvalue weighted by atomic mass is 19.4. The monoisotopic (exact) mass is 492 g/mol. The third kappa shape index (κ3) is 5.83. The molecule has 0 fully saturated rings. The summed E-state index contributed by atoms with van der Waals surface area (Å²) < 4.78 is 84.8. The topological polar surface area (TPSA) is 96.9 Å². The summed E-state index contributed by atoms with van der Waals surface area (Å²) in [6, 6.07) is 5.99. The van der Waals surface area contributed by atoms with Crippen molar-refractivity contribution in [2.75, 3.05) is 23.7 Å². The van der Waals surface area contributed by atoms with Crippen LogP contribution in [0.2, 0.25) is 0 Å². The number of hydrogen-bond donors (Lipinski definition) is 3. The Morgan fingerprint density at radius 3 is 1.62 bits per heavy atom. The van der Waals surface area contributed by atoms with Gasteiger partial charge in [-0.15, -0.1) is 0 Å². The molecule has 2 aromatic carbocycles. The molecule has 0 bridgehead atoms. The first-order chi connectivity index (χ1) is 15.8. The van der Waals surface area contributed by atoms with Crippen LogP contribution in [0.3, 0.4) is 0 Å². The van der Waals surface area contributed by atoms with E-state index in [1.54, 1.807) is 0 Å². The lowest BCUT2D eigenvalue weighted by molar-refractivity contribution is -0.145. The number of alkyl halides is 6. The van der Waals surface area contributed by atoms with Gasteiger partial charge in [-0.05, 0) is 43.3 Å². The highest BCUT2D eigenvalue weighted by Crippen LogP contribution is 2.38. The van der Waals surface area contributed by atoms with E-state index in [-0.39, 0.29) is 41.7 Å². The van der Waals surface area contributed by atoms with Gasteiger partial charge in [-0.2, -0.15) is 26.3 Å². The fourth-order valence-electron chi connectivity index (χ4n) is 3.05. The lowest BCUT2D eigenvalue weighted by Gasteiger charge is -2.26. The van der Waals surface area contributed by atoms with E-state index >= 15 is 0 Å². The van der Waals surface area contributed by atoms with Crippen molar-refractivity contribution in [3.05, 3.63) is 47.5 Å². The molecule has 7 nitrogen and oxygen atoms in total. The number of carboxylic acids is 1. The van der Waals surface area contributed by atoms with Crippen LogP contribution in [0.1, 0.15) is 18.1 Å². The number of aliphatic carboxylic acids is 1.